The summed E-state index contributed by atoms with van der Waals surface area (Å²) in [6.45, 7) is 7.12. The molecular formula is C12H24. The van der Waals surface area contributed by atoms with E-state index < -0.39 is 0 Å². The highest BCUT2D eigenvalue weighted by molar-refractivity contribution is 4.91. The molecule has 0 amide bonds. The Morgan fingerprint density at radius 2 is 2.00 bits per heavy atom. The van der Waals surface area contributed by atoms with Gasteiger partial charge >= 0.3 is 0 Å². The van der Waals surface area contributed by atoms with Gasteiger partial charge in [0.05, 0.1) is 0 Å². The van der Waals surface area contributed by atoms with Crippen molar-refractivity contribution in [3.8, 4) is 0 Å². The summed E-state index contributed by atoms with van der Waals surface area (Å²) in [6, 6.07) is 0. The molecule has 0 aromatic rings. The summed E-state index contributed by atoms with van der Waals surface area (Å²) in [6.07, 6.45) is 10.2. The van der Waals surface area contributed by atoms with Crippen molar-refractivity contribution in [2.24, 2.45) is 11.3 Å². The van der Waals surface area contributed by atoms with E-state index in [-0.39, 0.29) is 0 Å². The van der Waals surface area contributed by atoms with Crippen LogP contribution in [0.5, 0.6) is 0 Å². The summed E-state index contributed by atoms with van der Waals surface area (Å²) in [5.41, 5.74) is 0.740. The lowest BCUT2D eigenvalue weighted by Gasteiger charge is -2.48. The Bertz CT molecular complexity index is 128. The van der Waals surface area contributed by atoms with Crippen LogP contribution in [0.1, 0.15) is 65.7 Å². The average Bonchev–Trinajstić information content (AvgIpc) is 2.04. The quantitative estimate of drug-likeness (QED) is 0.571. The first-order valence-corrected chi connectivity index (χ1v) is 5.73. The molecule has 2 unspecified atom stereocenters. The van der Waals surface area contributed by atoms with Gasteiger partial charge in [-0.2, -0.15) is 0 Å². The molecule has 0 aromatic carbocycles. The van der Waals surface area contributed by atoms with Gasteiger partial charge in [0.1, 0.15) is 0 Å². The molecule has 12 heavy (non-hydrogen) atoms. The minimum absolute atomic E-state index is 0.740. The zero-order valence-electron chi connectivity index (χ0n) is 9.03. The van der Waals surface area contributed by atoms with Crippen LogP contribution in [0.2, 0.25) is 0 Å². The molecule has 0 heteroatoms. The Morgan fingerprint density at radius 3 is 2.42 bits per heavy atom. The van der Waals surface area contributed by atoms with E-state index in [0.717, 1.165) is 11.3 Å². The molecule has 0 bridgehead atoms. The Morgan fingerprint density at radius 1 is 1.25 bits per heavy atom. The van der Waals surface area contributed by atoms with Crippen molar-refractivity contribution in [2.45, 2.75) is 65.7 Å². The first-order chi connectivity index (χ1) is 5.73. The van der Waals surface area contributed by atoms with E-state index >= 15 is 0 Å². The molecule has 0 nitrogen and oxygen atoms in total. The topological polar surface area (TPSA) is 0 Å². The molecule has 1 aliphatic carbocycles. The highest BCUT2D eigenvalue weighted by Crippen LogP contribution is 2.51. The molecule has 0 heterocycles. The predicted molar refractivity (Wildman–Crippen MR) is 55.3 cm³/mol. The van der Waals surface area contributed by atoms with Crippen LogP contribution in [0.3, 0.4) is 0 Å². The molecule has 0 saturated heterocycles. The molecule has 1 saturated carbocycles. The van der Waals surface area contributed by atoms with Crippen molar-refractivity contribution in [3.05, 3.63) is 0 Å². The summed E-state index contributed by atoms with van der Waals surface area (Å²) >= 11 is 0. The maximum absolute atomic E-state index is 2.50. The number of unbranched alkanes of at least 4 members (excludes halogenated alkanes) is 1. The molecule has 0 radical (unpaired) electrons. The van der Waals surface area contributed by atoms with E-state index in [0.29, 0.717) is 0 Å². The Kier molecular flexibility index (Phi) is 3.61. The monoisotopic (exact) mass is 168 g/mol. The third-order valence-electron chi connectivity index (χ3n) is 3.78. The standard InChI is InChI=1S/C12H24/c1-4-6-7-11-8-10-12(11,3)9-5-2/h11H,4-10H2,1-3H3. The summed E-state index contributed by atoms with van der Waals surface area (Å²) in [5.74, 6) is 1.07. The molecule has 0 aromatic heterocycles. The van der Waals surface area contributed by atoms with Crippen molar-refractivity contribution in [2.75, 3.05) is 0 Å². The smallest absolute Gasteiger partial charge is 0.0298 e. The lowest BCUT2D eigenvalue weighted by atomic mass is 9.58. The second kappa shape index (κ2) is 4.30. The van der Waals surface area contributed by atoms with Crippen molar-refractivity contribution < 1.29 is 0 Å². The Hall–Kier alpha value is 0. The summed E-state index contributed by atoms with van der Waals surface area (Å²) in [7, 11) is 0. The molecule has 0 N–H and O–H groups in total. The lowest BCUT2D eigenvalue weighted by Crippen LogP contribution is -2.37. The zero-order chi connectivity index (χ0) is 9.03. The van der Waals surface area contributed by atoms with Gasteiger partial charge in [-0.15, -0.1) is 0 Å². The highest BCUT2D eigenvalue weighted by Gasteiger charge is 2.40. The average molecular weight is 168 g/mol. The maximum atomic E-state index is 2.50. The second-order valence-corrected chi connectivity index (χ2v) is 4.78. The first-order valence-electron chi connectivity index (χ1n) is 5.73. The molecule has 1 rings (SSSR count). The van der Waals surface area contributed by atoms with Crippen LogP contribution in [0.15, 0.2) is 0 Å². The third-order valence-corrected chi connectivity index (χ3v) is 3.78. The second-order valence-electron chi connectivity index (χ2n) is 4.78. The van der Waals surface area contributed by atoms with Crippen LogP contribution in [0, 0.1) is 11.3 Å². The van der Waals surface area contributed by atoms with Gasteiger partial charge < -0.3 is 0 Å². The fraction of sp³-hybridized carbons (Fsp3) is 1.00. The van der Waals surface area contributed by atoms with E-state index in [9.17, 15) is 0 Å². The minimum atomic E-state index is 0.740. The maximum Gasteiger partial charge on any atom is -0.0298 e. The fourth-order valence-corrected chi connectivity index (χ4v) is 2.68. The molecule has 1 fully saturated rings. The molecule has 0 aliphatic heterocycles. The van der Waals surface area contributed by atoms with Gasteiger partial charge in [-0.3, -0.25) is 0 Å². The van der Waals surface area contributed by atoms with Crippen LogP contribution >= 0.6 is 0 Å². The van der Waals surface area contributed by atoms with Crippen molar-refractivity contribution >= 4 is 0 Å². The zero-order valence-corrected chi connectivity index (χ0v) is 9.03. The molecule has 0 spiro atoms. The fourth-order valence-electron chi connectivity index (χ4n) is 2.68. The normalized spacial score (nSPS) is 34.8. The van der Waals surface area contributed by atoms with Crippen LogP contribution in [-0.4, -0.2) is 0 Å². The molecule has 1 aliphatic rings. The number of hydrogen-bond donors (Lipinski definition) is 0. The first kappa shape index (κ1) is 10.1. The van der Waals surface area contributed by atoms with E-state index in [1.807, 2.05) is 0 Å². The Labute approximate surface area is 77.7 Å². The van der Waals surface area contributed by atoms with Gasteiger partial charge in [0, 0.05) is 0 Å². The molecule has 72 valence electrons. The van der Waals surface area contributed by atoms with Crippen LogP contribution in [0.4, 0.5) is 0 Å². The van der Waals surface area contributed by atoms with Crippen LogP contribution in [-0.2, 0) is 0 Å². The van der Waals surface area contributed by atoms with Gasteiger partial charge in [0.25, 0.3) is 0 Å². The lowest BCUT2D eigenvalue weighted by molar-refractivity contribution is 0.0316. The largest absolute Gasteiger partial charge is 0.0654 e. The van der Waals surface area contributed by atoms with Gasteiger partial charge in [0.2, 0.25) is 0 Å². The van der Waals surface area contributed by atoms with Gasteiger partial charge in [-0.05, 0) is 37.0 Å². The van der Waals surface area contributed by atoms with Crippen molar-refractivity contribution in [1.82, 2.24) is 0 Å². The predicted octanol–water partition coefficient (Wildman–Crippen LogP) is 4.39. The molecular weight excluding hydrogens is 144 g/mol. The van der Waals surface area contributed by atoms with Crippen molar-refractivity contribution in [1.29, 1.82) is 0 Å². The number of hydrogen-bond acceptors (Lipinski definition) is 0. The summed E-state index contributed by atoms with van der Waals surface area (Å²) in [5, 5.41) is 0. The van der Waals surface area contributed by atoms with Gasteiger partial charge in [-0.25, -0.2) is 0 Å². The molecule has 2 atom stereocenters. The van der Waals surface area contributed by atoms with Crippen LogP contribution in [0.25, 0.3) is 0 Å². The van der Waals surface area contributed by atoms with E-state index in [2.05, 4.69) is 20.8 Å². The van der Waals surface area contributed by atoms with E-state index in [1.165, 1.54) is 44.9 Å². The highest BCUT2D eigenvalue weighted by atomic mass is 14.5. The summed E-state index contributed by atoms with van der Waals surface area (Å²) in [4.78, 5) is 0. The van der Waals surface area contributed by atoms with Crippen molar-refractivity contribution in [3.63, 3.8) is 0 Å². The minimum Gasteiger partial charge on any atom is -0.0654 e. The van der Waals surface area contributed by atoms with E-state index in [1.54, 1.807) is 0 Å². The third kappa shape index (κ3) is 2.02. The summed E-state index contributed by atoms with van der Waals surface area (Å²) < 4.78 is 0. The van der Waals surface area contributed by atoms with Gasteiger partial charge in [0.15, 0.2) is 0 Å². The van der Waals surface area contributed by atoms with E-state index in [4.69, 9.17) is 0 Å². The van der Waals surface area contributed by atoms with Gasteiger partial charge in [-0.1, -0.05) is 40.0 Å². The SMILES string of the molecule is CCCCC1CCC1(C)CCC. The number of rotatable bonds is 5. The van der Waals surface area contributed by atoms with Crippen LogP contribution < -0.4 is 0 Å². The Balaban J connectivity index is 2.26.